The molecule has 1 heterocycles. The van der Waals surface area contributed by atoms with Gasteiger partial charge in [-0.25, -0.2) is 0 Å². The van der Waals surface area contributed by atoms with Gasteiger partial charge in [0.25, 0.3) is 0 Å². The molecule has 3 aromatic carbocycles. The number of nitrogens with zero attached hydrogens (tertiary/aromatic N) is 1. The number of carbonyl (C=O) groups excluding carboxylic acids is 1. The molecule has 4 rings (SSSR count). The lowest BCUT2D eigenvalue weighted by Gasteiger charge is -2.32. The molecule has 1 atom stereocenters. The van der Waals surface area contributed by atoms with Crippen LogP contribution in [0.1, 0.15) is 18.4 Å². The summed E-state index contributed by atoms with van der Waals surface area (Å²) in [4.78, 5) is 15.1. The average molecular weight is 344 g/mol. The van der Waals surface area contributed by atoms with Crippen LogP contribution < -0.4 is 5.32 Å². The number of para-hydroxylation sites is 1. The predicted octanol–water partition coefficient (Wildman–Crippen LogP) is 4.69. The highest BCUT2D eigenvalue weighted by Crippen LogP contribution is 2.24. The predicted molar refractivity (Wildman–Crippen MR) is 107 cm³/mol. The summed E-state index contributed by atoms with van der Waals surface area (Å²) in [5, 5.41) is 5.65. The van der Waals surface area contributed by atoms with Gasteiger partial charge in [0, 0.05) is 18.8 Å². The highest BCUT2D eigenvalue weighted by atomic mass is 16.1. The molecule has 1 aliphatic heterocycles. The molecule has 0 bridgehead atoms. The molecule has 3 aromatic rings. The second-order valence-electron chi connectivity index (χ2n) is 7.07. The Labute approximate surface area is 154 Å². The minimum absolute atomic E-state index is 0.0546. The zero-order valence-corrected chi connectivity index (χ0v) is 14.9. The van der Waals surface area contributed by atoms with Crippen LogP contribution in [-0.4, -0.2) is 23.9 Å². The van der Waals surface area contributed by atoms with Crippen LogP contribution >= 0.6 is 0 Å². The van der Waals surface area contributed by atoms with Crippen molar-refractivity contribution in [3.05, 3.63) is 78.4 Å². The van der Waals surface area contributed by atoms with Gasteiger partial charge in [-0.3, -0.25) is 9.69 Å². The van der Waals surface area contributed by atoms with Crippen LogP contribution in [0.5, 0.6) is 0 Å². The fraction of sp³-hybridized carbons (Fsp3) is 0.261. The molecule has 0 radical (unpaired) electrons. The molecular formula is C23H24N2O. The molecule has 0 spiro atoms. The number of anilines is 1. The van der Waals surface area contributed by atoms with E-state index in [1.807, 2.05) is 30.3 Å². The summed E-state index contributed by atoms with van der Waals surface area (Å²) in [5.74, 6) is 0.192. The Morgan fingerprint density at radius 1 is 0.962 bits per heavy atom. The first-order chi connectivity index (χ1) is 12.8. The van der Waals surface area contributed by atoms with Crippen LogP contribution in [0.25, 0.3) is 10.8 Å². The number of hydrogen-bond acceptors (Lipinski definition) is 2. The molecule has 132 valence electrons. The molecule has 26 heavy (non-hydrogen) atoms. The van der Waals surface area contributed by atoms with Crippen molar-refractivity contribution in [1.29, 1.82) is 0 Å². The molecule has 1 saturated heterocycles. The van der Waals surface area contributed by atoms with Crippen molar-refractivity contribution in [2.24, 2.45) is 5.92 Å². The van der Waals surface area contributed by atoms with E-state index in [2.05, 4.69) is 52.7 Å². The summed E-state index contributed by atoms with van der Waals surface area (Å²) >= 11 is 0. The molecule has 1 aliphatic rings. The second-order valence-corrected chi connectivity index (χ2v) is 7.07. The number of nitrogens with one attached hydrogen (secondary N) is 1. The molecule has 1 amide bonds. The molecule has 3 nitrogen and oxygen atoms in total. The fourth-order valence-corrected chi connectivity index (χ4v) is 3.85. The Kier molecular flexibility index (Phi) is 4.98. The van der Waals surface area contributed by atoms with E-state index in [-0.39, 0.29) is 11.8 Å². The molecule has 0 aromatic heterocycles. The van der Waals surface area contributed by atoms with E-state index in [0.717, 1.165) is 38.2 Å². The van der Waals surface area contributed by atoms with Gasteiger partial charge >= 0.3 is 0 Å². The van der Waals surface area contributed by atoms with Crippen molar-refractivity contribution >= 4 is 22.4 Å². The number of piperidine rings is 1. The van der Waals surface area contributed by atoms with Crippen molar-refractivity contribution in [2.75, 3.05) is 18.4 Å². The van der Waals surface area contributed by atoms with Gasteiger partial charge in [0.05, 0.1) is 5.92 Å². The molecule has 3 heteroatoms. The fourth-order valence-electron chi connectivity index (χ4n) is 3.85. The Bertz CT molecular complexity index is 886. The van der Waals surface area contributed by atoms with Crippen LogP contribution in [0.3, 0.4) is 0 Å². The summed E-state index contributed by atoms with van der Waals surface area (Å²) < 4.78 is 0. The van der Waals surface area contributed by atoms with E-state index in [4.69, 9.17) is 0 Å². The first-order valence-corrected chi connectivity index (χ1v) is 9.34. The first-order valence-electron chi connectivity index (χ1n) is 9.34. The number of fused-ring (bicyclic) bond motifs is 1. The maximum Gasteiger partial charge on any atom is 0.228 e. The van der Waals surface area contributed by atoms with Gasteiger partial charge in [-0.15, -0.1) is 0 Å². The maximum absolute atomic E-state index is 12.6. The van der Waals surface area contributed by atoms with Crippen LogP contribution in [0.15, 0.2) is 72.8 Å². The van der Waals surface area contributed by atoms with Crippen LogP contribution in [0.2, 0.25) is 0 Å². The summed E-state index contributed by atoms with van der Waals surface area (Å²) in [6, 6.07) is 24.7. The van der Waals surface area contributed by atoms with Gasteiger partial charge in [0.1, 0.15) is 0 Å². The van der Waals surface area contributed by atoms with Gasteiger partial charge in [-0.05, 0) is 47.9 Å². The van der Waals surface area contributed by atoms with Gasteiger partial charge in [0.15, 0.2) is 0 Å². The van der Waals surface area contributed by atoms with Gasteiger partial charge in [-0.2, -0.15) is 0 Å². The SMILES string of the molecule is O=C(Nc1ccccc1)[C@H]1CCCN(Cc2cccc3ccccc23)C1. The number of likely N-dealkylation sites (tertiary alicyclic amines) is 1. The summed E-state index contributed by atoms with van der Waals surface area (Å²) in [5.41, 5.74) is 2.22. The highest BCUT2D eigenvalue weighted by Gasteiger charge is 2.26. The summed E-state index contributed by atoms with van der Waals surface area (Å²) in [7, 11) is 0. The van der Waals surface area contributed by atoms with Crippen molar-refractivity contribution in [1.82, 2.24) is 4.90 Å². The third-order valence-corrected chi connectivity index (χ3v) is 5.19. The molecule has 0 aliphatic carbocycles. The number of rotatable bonds is 4. The van der Waals surface area contributed by atoms with Crippen LogP contribution in [0, 0.1) is 5.92 Å². The largest absolute Gasteiger partial charge is 0.326 e. The van der Waals surface area contributed by atoms with E-state index in [1.165, 1.54) is 16.3 Å². The van der Waals surface area contributed by atoms with Crippen molar-refractivity contribution in [3.63, 3.8) is 0 Å². The lowest BCUT2D eigenvalue weighted by molar-refractivity contribution is -0.121. The zero-order valence-electron chi connectivity index (χ0n) is 14.9. The average Bonchev–Trinajstić information content (AvgIpc) is 2.69. The van der Waals surface area contributed by atoms with Crippen LogP contribution in [-0.2, 0) is 11.3 Å². The van der Waals surface area contributed by atoms with E-state index >= 15 is 0 Å². The number of benzene rings is 3. The van der Waals surface area contributed by atoms with Gasteiger partial charge in [0.2, 0.25) is 5.91 Å². The monoisotopic (exact) mass is 344 g/mol. The minimum atomic E-state index is 0.0546. The number of amides is 1. The van der Waals surface area contributed by atoms with Gasteiger partial charge in [-0.1, -0.05) is 60.7 Å². The minimum Gasteiger partial charge on any atom is -0.326 e. The van der Waals surface area contributed by atoms with Gasteiger partial charge < -0.3 is 5.32 Å². The normalized spacial score (nSPS) is 17.9. The third-order valence-electron chi connectivity index (χ3n) is 5.19. The number of hydrogen-bond donors (Lipinski definition) is 1. The van der Waals surface area contributed by atoms with E-state index in [1.54, 1.807) is 0 Å². The summed E-state index contributed by atoms with van der Waals surface area (Å²) in [6.07, 6.45) is 2.03. The van der Waals surface area contributed by atoms with Crippen molar-refractivity contribution in [2.45, 2.75) is 19.4 Å². The summed E-state index contributed by atoms with van der Waals surface area (Å²) in [6.45, 7) is 2.77. The molecule has 1 N–H and O–H groups in total. The topological polar surface area (TPSA) is 32.3 Å². The standard InChI is InChI=1S/C23H24N2O/c26-23(24-21-12-2-1-3-13-21)20-11-7-15-25(17-20)16-19-10-6-9-18-8-4-5-14-22(18)19/h1-6,8-10,12-14,20H,7,11,15-17H2,(H,24,26)/t20-/m0/s1. The smallest absolute Gasteiger partial charge is 0.228 e. The first kappa shape index (κ1) is 16.8. The Morgan fingerprint density at radius 2 is 1.73 bits per heavy atom. The maximum atomic E-state index is 12.6. The molecular weight excluding hydrogens is 320 g/mol. The van der Waals surface area contributed by atoms with Crippen molar-refractivity contribution < 1.29 is 4.79 Å². The van der Waals surface area contributed by atoms with E-state index < -0.39 is 0 Å². The quantitative estimate of drug-likeness (QED) is 0.744. The zero-order chi connectivity index (χ0) is 17.8. The molecule has 1 fully saturated rings. The lowest BCUT2D eigenvalue weighted by Crippen LogP contribution is -2.40. The van der Waals surface area contributed by atoms with E-state index in [9.17, 15) is 4.79 Å². The third kappa shape index (κ3) is 3.78. The number of carbonyl (C=O) groups is 1. The van der Waals surface area contributed by atoms with E-state index in [0.29, 0.717) is 0 Å². The highest BCUT2D eigenvalue weighted by molar-refractivity contribution is 5.92. The molecule has 0 saturated carbocycles. The Balaban J connectivity index is 1.44. The molecule has 0 unspecified atom stereocenters. The van der Waals surface area contributed by atoms with Crippen LogP contribution in [0.4, 0.5) is 5.69 Å². The Hall–Kier alpha value is -2.65. The van der Waals surface area contributed by atoms with Crippen molar-refractivity contribution in [3.8, 4) is 0 Å². The Morgan fingerprint density at radius 3 is 2.62 bits per heavy atom. The lowest BCUT2D eigenvalue weighted by atomic mass is 9.96. The second kappa shape index (κ2) is 7.71.